The number of nitro groups is 1. The maximum atomic E-state index is 12.7. The van der Waals surface area contributed by atoms with E-state index in [-0.39, 0.29) is 23.4 Å². The molecule has 0 saturated heterocycles. The van der Waals surface area contributed by atoms with Crippen LogP contribution in [-0.2, 0) is 9.59 Å². The van der Waals surface area contributed by atoms with Gasteiger partial charge in [-0.05, 0) is 13.8 Å². The molecule has 8 heteroatoms. The molecule has 1 aliphatic rings. The van der Waals surface area contributed by atoms with Crippen molar-refractivity contribution in [2.45, 2.75) is 19.8 Å². The number of aliphatic carboxylic acids is 1. The van der Waals surface area contributed by atoms with Crippen molar-refractivity contribution >= 4 is 23.3 Å². The number of benzene rings is 1. The molecule has 0 fully saturated rings. The van der Waals surface area contributed by atoms with Gasteiger partial charge in [0, 0.05) is 41.1 Å². The Morgan fingerprint density at radius 1 is 1.38 bits per heavy atom. The van der Waals surface area contributed by atoms with E-state index < -0.39 is 28.6 Å². The standard InChI is InChI=1S/C18H19N3O5/c1-4-9-19-17(22)14-10(2)20-11(3)15(18(23)24)16(14)12-7-5-6-8-13(12)21(25)26/h4-8,15-16H,1,9H2,2-3H3,(H,19,22)(H,23,24). The van der Waals surface area contributed by atoms with Gasteiger partial charge in [0.1, 0.15) is 5.92 Å². The average Bonchev–Trinajstić information content (AvgIpc) is 2.58. The van der Waals surface area contributed by atoms with Gasteiger partial charge in [-0.3, -0.25) is 24.7 Å². The quantitative estimate of drug-likeness (QED) is 0.460. The van der Waals surface area contributed by atoms with E-state index in [2.05, 4.69) is 16.9 Å². The maximum absolute atomic E-state index is 12.7. The summed E-state index contributed by atoms with van der Waals surface area (Å²) in [6.07, 6.45) is 1.49. The lowest BCUT2D eigenvalue weighted by Crippen LogP contribution is -2.38. The van der Waals surface area contributed by atoms with Gasteiger partial charge in [0.15, 0.2) is 0 Å². The lowest BCUT2D eigenvalue weighted by Gasteiger charge is -2.30. The summed E-state index contributed by atoms with van der Waals surface area (Å²) in [4.78, 5) is 39.6. The fourth-order valence-electron chi connectivity index (χ4n) is 3.17. The van der Waals surface area contributed by atoms with Gasteiger partial charge in [-0.25, -0.2) is 0 Å². The molecule has 1 aromatic rings. The first-order valence-corrected chi connectivity index (χ1v) is 7.90. The van der Waals surface area contributed by atoms with Gasteiger partial charge in [-0.2, -0.15) is 0 Å². The Balaban J connectivity index is 2.71. The van der Waals surface area contributed by atoms with Crippen LogP contribution in [0.4, 0.5) is 5.69 Å². The molecule has 0 bridgehead atoms. The van der Waals surface area contributed by atoms with Crippen LogP contribution in [0.1, 0.15) is 25.3 Å². The smallest absolute Gasteiger partial charge is 0.313 e. The zero-order valence-electron chi connectivity index (χ0n) is 14.4. The maximum Gasteiger partial charge on any atom is 0.313 e. The number of para-hydroxylation sites is 1. The van der Waals surface area contributed by atoms with E-state index in [1.807, 2.05) is 0 Å². The lowest BCUT2D eigenvalue weighted by molar-refractivity contribution is -0.385. The lowest BCUT2D eigenvalue weighted by atomic mass is 9.75. The molecule has 2 atom stereocenters. The fourth-order valence-corrected chi connectivity index (χ4v) is 3.17. The van der Waals surface area contributed by atoms with Crippen molar-refractivity contribution in [1.82, 2.24) is 5.32 Å². The van der Waals surface area contributed by atoms with Crippen LogP contribution in [0.25, 0.3) is 0 Å². The molecule has 0 radical (unpaired) electrons. The van der Waals surface area contributed by atoms with E-state index in [9.17, 15) is 24.8 Å². The molecule has 136 valence electrons. The second-order valence-corrected chi connectivity index (χ2v) is 5.86. The number of aliphatic imine (C=N–C) groups is 1. The fraction of sp³-hybridized carbons (Fsp3) is 0.278. The largest absolute Gasteiger partial charge is 0.481 e. The van der Waals surface area contributed by atoms with Crippen LogP contribution in [0.3, 0.4) is 0 Å². The molecule has 1 aromatic carbocycles. The summed E-state index contributed by atoms with van der Waals surface area (Å²) < 4.78 is 0. The minimum Gasteiger partial charge on any atom is -0.481 e. The highest BCUT2D eigenvalue weighted by Gasteiger charge is 2.43. The summed E-state index contributed by atoms with van der Waals surface area (Å²) in [6, 6.07) is 5.85. The van der Waals surface area contributed by atoms with Crippen molar-refractivity contribution in [2.75, 3.05) is 6.54 Å². The Bertz CT molecular complexity index is 841. The summed E-state index contributed by atoms with van der Waals surface area (Å²) >= 11 is 0. The number of carboxylic acid groups (broad SMARTS) is 1. The SMILES string of the molecule is C=CCNC(=O)C1=C(C)N=C(C)C(C(=O)O)C1c1ccccc1[N+](=O)[O-]. The van der Waals surface area contributed by atoms with Crippen molar-refractivity contribution in [3.05, 3.63) is 63.9 Å². The normalized spacial score (nSPS) is 19.5. The van der Waals surface area contributed by atoms with E-state index in [0.29, 0.717) is 11.4 Å². The van der Waals surface area contributed by atoms with Gasteiger partial charge in [0.2, 0.25) is 5.91 Å². The van der Waals surface area contributed by atoms with E-state index in [4.69, 9.17) is 0 Å². The van der Waals surface area contributed by atoms with Gasteiger partial charge in [0.05, 0.1) is 4.92 Å². The van der Waals surface area contributed by atoms with Crippen LogP contribution in [0, 0.1) is 16.0 Å². The molecule has 0 aliphatic carbocycles. The summed E-state index contributed by atoms with van der Waals surface area (Å²) in [6.45, 7) is 6.84. The molecule has 1 aliphatic heterocycles. The number of carbonyl (C=O) groups excluding carboxylic acids is 1. The predicted octanol–water partition coefficient (Wildman–Crippen LogP) is 2.43. The number of carbonyl (C=O) groups is 2. The van der Waals surface area contributed by atoms with Crippen LogP contribution in [0.5, 0.6) is 0 Å². The molecule has 0 saturated carbocycles. The Hall–Kier alpha value is -3.29. The third kappa shape index (κ3) is 3.53. The Morgan fingerprint density at radius 3 is 2.62 bits per heavy atom. The Morgan fingerprint density at radius 2 is 2.04 bits per heavy atom. The van der Waals surface area contributed by atoms with Crippen molar-refractivity contribution in [2.24, 2.45) is 10.9 Å². The summed E-state index contributed by atoms with van der Waals surface area (Å²) in [5.74, 6) is -3.91. The van der Waals surface area contributed by atoms with E-state index in [1.165, 1.54) is 24.3 Å². The molecule has 26 heavy (non-hydrogen) atoms. The monoisotopic (exact) mass is 357 g/mol. The molecule has 1 heterocycles. The molecule has 0 spiro atoms. The number of nitrogens with zero attached hydrogens (tertiary/aromatic N) is 2. The predicted molar refractivity (Wildman–Crippen MR) is 96.0 cm³/mol. The second kappa shape index (κ2) is 7.73. The van der Waals surface area contributed by atoms with Gasteiger partial charge >= 0.3 is 5.97 Å². The van der Waals surface area contributed by atoms with E-state index in [1.54, 1.807) is 19.9 Å². The molecule has 2 N–H and O–H groups in total. The highest BCUT2D eigenvalue weighted by Crippen LogP contribution is 2.42. The van der Waals surface area contributed by atoms with E-state index in [0.717, 1.165) is 0 Å². The van der Waals surface area contributed by atoms with Crippen molar-refractivity contribution in [1.29, 1.82) is 0 Å². The first-order valence-electron chi connectivity index (χ1n) is 7.90. The topological polar surface area (TPSA) is 122 Å². The van der Waals surface area contributed by atoms with Gasteiger partial charge in [-0.1, -0.05) is 24.3 Å². The molecule has 0 aromatic heterocycles. The van der Waals surface area contributed by atoms with Crippen LogP contribution in [-0.4, -0.2) is 34.2 Å². The minimum atomic E-state index is -1.20. The molecule has 8 nitrogen and oxygen atoms in total. The number of amides is 1. The van der Waals surface area contributed by atoms with Crippen LogP contribution < -0.4 is 5.32 Å². The molecular formula is C18H19N3O5. The second-order valence-electron chi connectivity index (χ2n) is 5.86. The van der Waals surface area contributed by atoms with E-state index >= 15 is 0 Å². The molecule has 2 unspecified atom stereocenters. The first-order chi connectivity index (χ1) is 12.3. The van der Waals surface area contributed by atoms with Crippen molar-refractivity contribution < 1.29 is 19.6 Å². The minimum absolute atomic E-state index is 0.110. The molecular weight excluding hydrogens is 338 g/mol. The zero-order chi connectivity index (χ0) is 19.4. The number of hydrogen-bond acceptors (Lipinski definition) is 5. The van der Waals surface area contributed by atoms with Gasteiger partial charge in [-0.15, -0.1) is 6.58 Å². The van der Waals surface area contributed by atoms with Crippen LogP contribution >= 0.6 is 0 Å². The number of carboxylic acids is 1. The van der Waals surface area contributed by atoms with Crippen LogP contribution in [0.2, 0.25) is 0 Å². The van der Waals surface area contributed by atoms with Crippen molar-refractivity contribution in [3.63, 3.8) is 0 Å². The highest BCUT2D eigenvalue weighted by molar-refractivity contribution is 6.07. The Labute approximate surface area is 150 Å². The third-order valence-electron chi connectivity index (χ3n) is 4.21. The third-order valence-corrected chi connectivity index (χ3v) is 4.21. The summed E-state index contributed by atoms with van der Waals surface area (Å²) in [5.41, 5.74) is 0.671. The molecule has 2 rings (SSSR count). The van der Waals surface area contributed by atoms with Crippen molar-refractivity contribution in [3.8, 4) is 0 Å². The Kier molecular flexibility index (Phi) is 5.66. The molecule has 1 amide bonds. The van der Waals surface area contributed by atoms with Crippen LogP contribution in [0.15, 0.2) is 53.2 Å². The zero-order valence-corrected chi connectivity index (χ0v) is 14.4. The first kappa shape index (κ1) is 19.0. The summed E-state index contributed by atoms with van der Waals surface area (Å²) in [5, 5.41) is 23.8. The van der Waals surface area contributed by atoms with Gasteiger partial charge in [0.25, 0.3) is 5.69 Å². The number of hydrogen-bond donors (Lipinski definition) is 2. The number of allylic oxidation sites excluding steroid dienone is 1. The number of nitrogens with one attached hydrogen (secondary N) is 1. The number of nitro benzene ring substituents is 1. The average molecular weight is 357 g/mol. The number of rotatable bonds is 6. The summed E-state index contributed by atoms with van der Waals surface area (Å²) in [7, 11) is 0. The highest BCUT2D eigenvalue weighted by atomic mass is 16.6. The van der Waals surface area contributed by atoms with Gasteiger partial charge < -0.3 is 10.4 Å².